The van der Waals surface area contributed by atoms with Crippen LogP contribution in [0.15, 0.2) is 11.6 Å². The number of hydrogen-bond acceptors (Lipinski definition) is 0. The molecule has 0 aliphatic heterocycles. The van der Waals surface area contributed by atoms with E-state index in [4.69, 9.17) is 0 Å². The van der Waals surface area contributed by atoms with Crippen LogP contribution >= 0.6 is 23.3 Å². The van der Waals surface area contributed by atoms with Gasteiger partial charge in [-0.2, -0.15) is 0 Å². The Labute approximate surface area is 35.7 Å². The zero-order valence-electron chi connectivity index (χ0n) is 2.55. The van der Waals surface area contributed by atoms with Gasteiger partial charge in [-0.25, -0.2) is 0 Å². The van der Waals surface area contributed by atoms with E-state index in [0.717, 1.165) is 7.55 Å². The van der Waals surface area contributed by atoms with Crippen LogP contribution in [0.1, 0.15) is 0 Å². The van der Waals surface area contributed by atoms with E-state index in [0.29, 0.717) is 0 Å². The van der Waals surface area contributed by atoms with E-state index >= 15 is 0 Å². The molecule has 0 atom stereocenters. The molecule has 1 aromatic heterocycles. The molecule has 0 amide bonds. The van der Waals surface area contributed by atoms with E-state index in [2.05, 4.69) is 11.6 Å². The minimum absolute atomic E-state index is 1.14. The Morgan fingerprint density at radius 1 is 1.20 bits per heavy atom. The third-order valence-corrected chi connectivity index (χ3v) is 5.06. The zero-order valence-corrected chi connectivity index (χ0v) is 5.34. The van der Waals surface area contributed by atoms with Gasteiger partial charge >= 0.3 is 0 Å². The van der Waals surface area contributed by atoms with E-state index in [-0.39, 0.29) is 0 Å². The van der Waals surface area contributed by atoms with Gasteiger partial charge in [0.05, 0.1) is 0 Å². The highest BCUT2D eigenvalue weighted by Crippen LogP contribution is 2.30. The first-order valence-corrected chi connectivity index (χ1v) is 5.91. The SMILES string of the molecule is c1cp[pH]p1. The summed E-state index contributed by atoms with van der Waals surface area (Å²) < 4.78 is 0. The molecule has 0 fully saturated rings. The molecule has 0 N–H and O–H groups in total. The van der Waals surface area contributed by atoms with Gasteiger partial charge in [0.15, 0.2) is 0 Å². The largest absolute Gasteiger partial charge is 0.0818 e. The van der Waals surface area contributed by atoms with Crippen molar-refractivity contribution < 1.29 is 0 Å². The van der Waals surface area contributed by atoms with Crippen LogP contribution in [0.2, 0.25) is 0 Å². The fourth-order valence-corrected chi connectivity index (χ4v) is 4.50. The molecule has 0 nitrogen and oxygen atoms in total. The lowest BCUT2D eigenvalue weighted by molar-refractivity contribution is 2.39. The Morgan fingerprint density at radius 2 is 1.80 bits per heavy atom. The van der Waals surface area contributed by atoms with E-state index in [1.165, 1.54) is 15.7 Å². The normalized spacial score (nSPS) is 12.8. The van der Waals surface area contributed by atoms with E-state index in [1.54, 1.807) is 0 Å². The van der Waals surface area contributed by atoms with E-state index in [1.807, 2.05) is 0 Å². The summed E-state index contributed by atoms with van der Waals surface area (Å²) in [5.41, 5.74) is 0. The smallest absolute Gasteiger partial charge is 0.0258 e. The summed E-state index contributed by atoms with van der Waals surface area (Å²) in [6.45, 7) is 0. The van der Waals surface area contributed by atoms with Crippen LogP contribution in [0.3, 0.4) is 0 Å². The second-order valence-electron chi connectivity index (χ2n) is 0.656. The van der Waals surface area contributed by atoms with Gasteiger partial charge in [0.25, 0.3) is 0 Å². The average molecular weight is 120 g/mol. The summed E-state index contributed by atoms with van der Waals surface area (Å²) in [4.78, 5) is 0. The molecule has 0 aromatic carbocycles. The molecule has 0 bridgehead atoms. The van der Waals surface area contributed by atoms with Crippen LogP contribution in [0.5, 0.6) is 0 Å². The van der Waals surface area contributed by atoms with Gasteiger partial charge in [-0.3, -0.25) is 0 Å². The van der Waals surface area contributed by atoms with E-state index < -0.39 is 0 Å². The second-order valence-corrected chi connectivity index (χ2v) is 5.92. The third kappa shape index (κ3) is 1.02. The monoisotopic (exact) mass is 120 g/mol. The topological polar surface area (TPSA) is 0 Å². The minimum atomic E-state index is 1.14. The maximum Gasteiger partial charge on any atom is -0.0258 e. The Hall–Kier alpha value is 0.640. The number of rotatable bonds is 0. The molecule has 26 valence electrons. The maximum atomic E-state index is 2.21. The first kappa shape index (κ1) is 3.82. The molecule has 1 rings (SSSR count). The molecule has 1 heterocycles. The molecule has 5 heavy (non-hydrogen) atoms. The van der Waals surface area contributed by atoms with Crippen molar-refractivity contribution in [1.29, 1.82) is 0 Å². The van der Waals surface area contributed by atoms with Crippen LogP contribution in [0, 0.1) is 0 Å². The molecule has 1 aromatic rings. The molecule has 0 saturated heterocycles. The van der Waals surface area contributed by atoms with Crippen LogP contribution < -0.4 is 0 Å². The second kappa shape index (κ2) is 1.93. The fourth-order valence-electron chi connectivity index (χ4n) is 0.167. The predicted octanol–water partition coefficient (Wildman–Crippen LogP) is 2.88. The fraction of sp³-hybridized carbons (Fsp3) is 0. The summed E-state index contributed by atoms with van der Waals surface area (Å²) in [6.07, 6.45) is 0. The summed E-state index contributed by atoms with van der Waals surface area (Å²) in [5, 5.41) is 0. The van der Waals surface area contributed by atoms with Crippen molar-refractivity contribution in [1.82, 2.24) is 0 Å². The van der Waals surface area contributed by atoms with Crippen molar-refractivity contribution in [3.63, 3.8) is 0 Å². The van der Waals surface area contributed by atoms with Gasteiger partial charge in [0.2, 0.25) is 0 Å². The Morgan fingerprint density at radius 3 is 2.00 bits per heavy atom. The Kier molecular flexibility index (Phi) is 1.48. The molecule has 0 radical (unpaired) electrons. The van der Waals surface area contributed by atoms with Crippen molar-refractivity contribution in [2.75, 3.05) is 0 Å². The van der Waals surface area contributed by atoms with Gasteiger partial charge < -0.3 is 0 Å². The zero-order chi connectivity index (χ0) is 3.54. The predicted molar refractivity (Wildman–Crippen MR) is 31.0 cm³/mol. The minimum Gasteiger partial charge on any atom is -0.0818 e. The Balaban J connectivity index is 3.13. The average Bonchev–Trinajstić information content (AvgIpc) is 1.76. The summed E-state index contributed by atoms with van der Waals surface area (Å²) in [7, 11) is 4.19. The first-order valence-electron chi connectivity index (χ1n) is 1.30. The molecule has 3 heteroatoms. The summed E-state index contributed by atoms with van der Waals surface area (Å²) >= 11 is 0. The number of hydrogen-bond donors (Lipinski definition) is 0. The molecular formula is C2H3P3. The van der Waals surface area contributed by atoms with Crippen molar-refractivity contribution in [3.8, 4) is 0 Å². The Bertz CT molecular complexity index is 61.4. The standard InChI is InChI=1S/C2H3P3/c1-2-4-5-3-1/h1-2,5H. The molecule has 0 aliphatic rings. The van der Waals surface area contributed by atoms with Gasteiger partial charge in [0, 0.05) is 0 Å². The van der Waals surface area contributed by atoms with Gasteiger partial charge in [-0.15, -0.1) is 0 Å². The lowest BCUT2D eigenvalue weighted by Gasteiger charge is -1.38. The molecular weight excluding hydrogens is 117 g/mol. The highest BCUT2D eigenvalue weighted by Gasteiger charge is 1.59. The quantitative estimate of drug-likeness (QED) is 0.493. The molecule has 0 unspecified atom stereocenters. The lowest BCUT2D eigenvalue weighted by atomic mass is 11.2. The van der Waals surface area contributed by atoms with Crippen molar-refractivity contribution in [2.45, 2.75) is 0 Å². The van der Waals surface area contributed by atoms with Crippen LogP contribution in [0.4, 0.5) is 0 Å². The van der Waals surface area contributed by atoms with Crippen molar-refractivity contribution in [3.05, 3.63) is 11.6 Å². The van der Waals surface area contributed by atoms with Crippen LogP contribution in [-0.2, 0) is 0 Å². The molecule has 0 saturated carbocycles. The van der Waals surface area contributed by atoms with Gasteiger partial charge in [-0.05, 0) is 11.6 Å². The van der Waals surface area contributed by atoms with Crippen molar-refractivity contribution >= 4 is 23.3 Å². The summed E-state index contributed by atoms with van der Waals surface area (Å²) in [6, 6.07) is 0. The molecule has 0 aliphatic carbocycles. The van der Waals surface area contributed by atoms with Crippen molar-refractivity contribution in [2.24, 2.45) is 0 Å². The summed E-state index contributed by atoms with van der Waals surface area (Å²) in [5.74, 6) is 4.42. The van der Waals surface area contributed by atoms with Gasteiger partial charge in [-0.1, -0.05) is 23.3 Å². The highest BCUT2D eigenvalue weighted by molar-refractivity contribution is 8.16. The molecule has 0 spiro atoms. The van der Waals surface area contributed by atoms with Gasteiger partial charge in [0.1, 0.15) is 0 Å². The van der Waals surface area contributed by atoms with Crippen LogP contribution in [0.25, 0.3) is 0 Å². The van der Waals surface area contributed by atoms with Crippen LogP contribution in [-0.4, -0.2) is 0 Å². The van der Waals surface area contributed by atoms with E-state index in [9.17, 15) is 0 Å². The first-order chi connectivity index (χ1) is 2.50. The maximum absolute atomic E-state index is 2.21. The lowest BCUT2D eigenvalue weighted by Crippen LogP contribution is -1.01. The third-order valence-electron chi connectivity index (χ3n) is 0.331. The highest BCUT2D eigenvalue weighted by atomic mass is 32.1.